The van der Waals surface area contributed by atoms with E-state index < -0.39 is 0 Å². The Balaban J connectivity index is 1.44. The standard InChI is InChI=1S/C17H27ClN2/c18-17-9-7-16(8-10-17)15-19-11-3-1-4-12-20-13-5-2-6-14-20/h7-10,19H,1-6,11-15H2. The molecule has 1 N–H and O–H groups in total. The second kappa shape index (κ2) is 9.38. The highest BCUT2D eigenvalue weighted by atomic mass is 35.5. The zero-order valence-electron chi connectivity index (χ0n) is 12.4. The molecule has 0 saturated carbocycles. The Kier molecular flexibility index (Phi) is 7.42. The van der Waals surface area contributed by atoms with E-state index in [9.17, 15) is 0 Å². The molecule has 0 aromatic heterocycles. The minimum absolute atomic E-state index is 0.812. The molecule has 3 heteroatoms. The summed E-state index contributed by atoms with van der Waals surface area (Å²) >= 11 is 5.87. The van der Waals surface area contributed by atoms with Gasteiger partial charge in [-0.15, -0.1) is 0 Å². The van der Waals surface area contributed by atoms with Crippen molar-refractivity contribution in [1.29, 1.82) is 0 Å². The van der Waals surface area contributed by atoms with E-state index >= 15 is 0 Å². The van der Waals surface area contributed by atoms with Crippen LogP contribution in [0.4, 0.5) is 0 Å². The molecule has 1 heterocycles. The van der Waals surface area contributed by atoms with Crippen LogP contribution >= 0.6 is 11.6 Å². The van der Waals surface area contributed by atoms with E-state index in [-0.39, 0.29) is 0 Å². The highest BCUT2D eigenvalue weighted by Gasteiger charge is 2.08. The van der Waals surface area contributed by atoms with Gasteiger partial charge < -0.3 is 10.2 Å². The first-order valence-corrected chi connectivity index (χ1v) is 8.40. The largest absolute Gasteiger partial charge is 0.313 e. The van der Waals surface area contributed by atoms with Crippen LogP contribution in [0.5, 0.6) is 0 Å². The predicted molar refractivity (Wildman–Crippen MR) is 87.3 cm³/mol. The topological polar surface area (TPSA) is 15.3 Å². The van der Waals surface area contributed by atoms with Gasteiger partial charge in [0.25, 0.3) is 0 Å². The third kappa shape index (κ3) is 6.25. The van der Waals surface area contributed by atoms with Gasteiger partial charge in [-0.25, -0.2) is 0 Å². The molecule has 1 aliphatic rings. The number of halogens is 1. The van der Waals surface area contributed by atoms with Crippen LogP contribution in [-0.2, 0) is 6.54 Å². The first-order valence-electron chi connectivity index (χ1n) is 8.02. The average Bonchev–Trinajstić information content (AvgIpc) is 2.49. The fourth-order valence-corrected chi connectivity index (χ4v) is 2.91. The summed E-state index contributed by atoms with van der Waals surface area (Å²) in [5.41, 5.74) is 1.31. The molecule has 1 aromatic rings. The Bertz CT molecular complexity index is 358. The van der Waals surface area contributed by atoms with Crippen molar-refractivity contribution in [3.8, 4) is 0 Å². The van der Waals surface area contributed by atoms with Gasteiger partial charge in [-0.1, -0.05) is 36.6 Å². The predicted octanol–water partition coefficient (Wildman–Crippen LogP) is 4.09. The molecule has 2 nitrogen and oxygen atoms in total. The molecule has 0 aliphatic carbocycles. The van der Waals surface area contributed by atoms with Gasteiger partial charge >= 0.3 is 0 Å². The van der Waals surface area contributed by atoms with E-state index in [1.54, 1.807) is 0 Å². The minimum atomic E-state index is 0.812. The second-order valence-corrected chi connectivity index (χ2v) is 6.20. The molecule has 112 valence electrons. The molecule has 0 bridgehead atoms. The van der Waals surface area contributed by atoms with E-state index in [0.29, 0.717) is 0 Å². The maximum atomic E-state index is 5.87. The van der Waals surface area contributed by atoms with E-state index in [2.05, 4.69) is 22.3 Å². The van der Waals surface area contributed by atoms with Crippen molar-refractivity contribution in [2.75, 3.05) is 26.2 Å². The first-order chi connectivity index (χ1) is 9.84. The number of benzene rings is 1. The van der Waals surface area contributed by atoms with E-state index in [1.165, 1.54) is 63.7 Å². The van der Waals surface area contributed by atoms with Crippen molar-refractivity contribution >= 4 is 11.6 Å². The summed E-state index contributed by atoms with van der Waals surface area (Å²) in [6.45, 7) is 6.02. The number of rotatable bonds is 8. The molecule has 0 amide bonds. The van der Waals surface area contributed by atoms with E-state index in [4.69, 9.17) is 11.6 Å². The SMILES string of the molecule is Clc1ccc(CNCCCCCN2CCCCC2)cc1. The van der Waals surface area contributed by atoms with Gasteiger partial charge in [0.05, 0.1) is 0 Å². The molecule has 0 atom stereocenters. The molecular weight excluding hydrogens is 268 g/mol. The van der Waals surface area contributed by atoms with Gasteiger partial charge in [0, 0.05) is 11.6 Å². The number of likely N-dealkylation sites (tertiary alicyclic amines) is 1. The summed E-state index contributed by atoms with van der Waals surface area (Å²) in [6, 6.07) is 8.09. The molecule has 0 radical (unpaired) electrons. The van der Waals surface area contributed by atoms with Crippen molar-refractivity contribution in [3.05, 3.63) is 34.9 Å². The molecule has 0 unspecified atom stereocenters. The first kappa shape index (κ1) is 15.8. The fourth-order valence-electron chi connectivity index (χ4n) is 2.78. The van der Waals surface area contributed by atoms with Crippen LogP contribution in [0.1, 0.15) is 44.1 Å². The van der Waals surface area contributed by atoms with E-state index in [1.807, 2.05) is 12.1 Å². The van der Waals surface area contributed by atoms with E-state index in [0.717, 1.165) is 18.1 Å². The minimum Gasteiger partial charge on any atom is -0.313 e. The molecule has 1 fully saturated rings. The summed E-state index contributed by atoms with van der Waals surface area (Å²) < 4.78 is 0. The number of hydrogen-bond donors (Lipinski definition) is 1. The van der Waals surface area contributed by atoms with Gasteiger partial charge in [0.2, 0.25) is 0 Å². The third-order valence-corrected chi connectivity index (χ3v) is 4.27. The zero-order valence-corrected chi connectivity index (χ0v) is 13.2. The summed E-state index contributed by atoms with van der Waals surface area (Å²) in [7, 11) is 0. The molecule has 1 aliphatic heterocycles. The molecule has 1 saturated heterocycles. The lowest BCUT2D eigenvalue weighted by Gasteiger charge is -2.26. The van der Waals surface area contributed by atoms with Crippen molar-refractivity contribution < 1.29 is 0 Å². The fraction of sp³-hybridized carbons (Fsp3) is 0.647. The third-order valence-electron chi connectivity index (χ3n) is 4.02. The van der Waals surface area contributed by atoms with Gasteiger partial charge in [-0.2, -0.15) is 0 Å². The summed E-state index contributed by atoms with van der Waals surface area (Å²) in [6.07, 6.45) is 8.21. The normalized spacial score (nSPS) is 16.4. The Morgan fingerprint density at radius 3 is 2.45 bits per heavy atom. The number of unbranched alkanes of at least 4 members (excludes halogenated alkanes) is 2. The van der Waals surface area contributed by atoms with Crippen LogP contribution in [0.15, 0.2) is 24.3 Å². The van der Waals surface area contributed by atoms with Gasteiger partial charge in [-0.3, -0.25) is 0 Å². The van der Waals surface area contributed by atoms with Gasteiger partial charge in [0.15, 0.2) is 0 Å². The van der Waals surface area contributed by atoms with Crippen LogP contribution in [0.3, 0.4) is 0 Å². The molecular formula is C17H27ClN2. The summed E-state index contributed by atoms with van der Waals surface area (Å²) in [5.74, 6) is 0. The summed E-state index contributed by atoms with van der Waals surface area (Å²) in [5, 5.41) is 4.31. The monoisotopic (exact) mass is 294 g/mol. The lowest BCUT2D eigenvalue weighted by atomic mass is 10.1. The van der Waals surface area contributed by atoms with Crippen LogP contribution < -0.4 is 5.32 Å². The van der Waals surface area contributed by atoms with Crippen molar-refractivity contribution in [3.63, 3.8) is 0 Å². The van der Waals surface area contributed by atoms with Crippen molar-refractivity contribution in [2.45, 2.75) is 45.1 Å². The zero-order chi connectivity index (χ0) is 14.0. The van der Waals surface area contributed by atoms with Crippen molar-refractivity contribution in [2.24, 2.45) is 0 Å². The lowest BCUT2D eigenvalue weighted by molar-refractivity contribution is 0.224. The van der Waals surface area contributed by atoms with Gasteiger partial charge in [0.1, 0.15) is 0 Å². The maximum Gasteiger partial charge on any atom is 0.0406 e. The van der Waals surface area contributed by atoms with Crippen LogP contribution in [0, 0.1) is 0 Å². The molecule has 0 spiro atoms. The van der Waals surface area contributed by atoms with Crippen LogP contribution in [-0.4, -0.2) is 31.1 Å². The molecule has 2 rings (SSSR count). The number of piperidine rings is 1. The van der Waals surface area contributed by atoms with Crippen LogP contribution in [0.25, 0.3) is 0 Å². The lowest BCUT2D eigenvalue weighted by Crippen LogP contribution is -2.30. The highest BCUT2D eigenvalue weighted by Crippen LogP contribution is 2.10. The maximum absolute atomic E-state index is 5.87. The Morgan fingerprint density at radius 1 is 0.950 bits per heavy atom. The quantitative estimate of drug-likeness (QED) is 0.727. The Labute approximate surface area is 128 Å². The van der Waals surface area contributed by atoms with Crippen LogP contribution in [0.2, 0.25) is 5.02 Å². The second-order valence-electron chi connectivity index (χ2n) is 5.77. The highest BCUT2D eigenvalue weighted by molar-refractivity contribution is 6.30. The Morgan fingerprint density at radius 2 is 1.70 bits per heavy atom. The average molecular weight is 295 g/mol. The number of nitrogens with one attached hydrogen (secondary N) is 1. The summed E-state index contributed by atoms with van der Waals surface area (Å²) in [4.78, 5) is 2.63. The number of nitrogens with zero attached hydrogens (tertiary/aromatic N) is 1. The van der Waals surface area contributed by atoms with Crippen molar-refractivity contribution in [1.82, 2.24) is 10.2 Å². The smallest absolute Gasteiger partial charge is 0.0406 e. The Hall–Kier alpha value is -0.570. The number of hydrogen-bond acceptors (Lipinski definition) is 2. The van der Waals surface area contributed by atoms with Gasteiger partial charge in [-0.05, 0) is 69.6 Å². The molecule has 20 heavy (non-hydrogen) atoms. The molecule has 1 aromatic carbocycles.